The summed E-state index contributed by atoms with van der Waals surface area (Å²) in [4.78, 5) is 24.7. The third-order valence-electron chi connectivity index (χ3n) is 2.55. The topological polar surface area (TPSA) is 70.7 Å². The molecule has 0 aromatic carbocycles. The first-order chi connectivity index (χ1) is 8.97. The van der Waals surface area contributed by atoms with E-state index in [9.17, 15) is 9.59 Å². The van der Waals surface area contributed by atoms with Crippen LogP contribution in [0, 0.1) is 0 Å². The Morgan fingerprint density at radius 2 is 1.95 bits per heavy atom. The van der Waals surface area contributed by atoms with Gasteiger partial charge in [0.05, 0.1) is 6.54 Å². The number of carbonyl (C=O) groups is 2. The predicted octanol–water partition coefficient (Wildman–Crippen LogP) is -0.0144. The van der Waals surface area contributed by atoms with Gasteiger partial charge in [0.2, 0.25) is 11.8 Å². The van der Waals surface area contributed by atoms with Crippen LogP contribution in [-0.2, 0) is 14.3 Å². The van der Waals surface area contributed by atoms with Crippen molar-refractivity contribution in [1.82, 2.24) is 15.5 Å². The summed E-state index contributed by atoms with van der Waals surface area (Å²) in [7, 11) is 3.27. The molecule has 112 valence electrons. The number of amides is 2. The van der Waals surface area contributed by atoms with Crippen LogP contribution in [0.2, 0.25) is 0 Å². The van der Waals surface area contributed by atoms with Gasteiger partial charge in [0.15, 0.2) is 0 Å². The van der Waals surface area contributed by atoms with Crippen molar-refractivity contribution in [3.8, 4) is 0 Å². The van der Waals surface area contributed by atoms with Gasteiger partial charge in [-0.1, -0.05) is 13.8 Å². The second-order valence-corrected chi connectivity index (χ2v) is 4.80. The van der Waals surface area contributed by atoms with Crippen molar-refractivity contribution >= 4 is 11.8 Å². The Balaban J connectivity index is 3.72. The molecule has 0 fully saturated rings. The highest BCUT2D eigenvalue weighted by molar-refractivity contribution is 5.84. The van der Waals surface area contributed by atoms with E-state index < -0.39 is 0 Å². The van der Waals surface area contributed by atoms with E-state index in [0.717, 1.165) is 6.42 Å². The summed E-state index contributed by atoms with van der Waals surface area (Å²) in [5, 5.41) is 5.92. The molecule has 0 unspecified atom stereocenters. The first-order valence-corrected chi connectivity index (χ1v) is 6.70. The molecule has 0 saturated heterocycles. The van der Waals surface area contributed by atoms with Crippen molar-refractivity contribution in [2.45, 2.75) is 32.7 Å². The largest absolute Gasteiger partial charge is 0.385 e. The first-order valence-electron chi connectivity index (χ1n) is 6.70. The molecule has 0 aromatic heterocycles. The molecule has 6 heteroatoms. The number of likely N-dealkylation sites (N-methyl/N-ethyl adjacent to an activating group) is 1. The summed E-state index contributed by atoms with van der Waals surface area (Å²) < 4.78 is 4.88. The maximum absolute atomic E-state index is 11.7. The summed E-state index contributed by atoms with van der Waals surface area (Å²) in [6, 6.07) is 0.363. The van der Waals surface area contributed by atoms with Crippen molar-refractivity contribution in [3.63, 3.8) is 0 Å². The molecular formula is C13H27N3O3. The lowest BCUT2D eigenvalue weighted by Gasteiger charge is -2.17. The fraction of sp³-hybridized carbons (Fsp3) is 0.846. The molecule has 0 heterocycles. The molecule has 0 aliphatic rings. The molecule has 0 radical (unpaired) electrons. The van der Waals surface area contributed by atoms with Gasteiger partial charge in [-0.25, -0.2) is 0 Å². The molecular weight excluding hydrogens is 246 g/mol. The molecule has 0 rings (SSSR count). The number of ether oxygens (including phenoxy) is 1. The van der Waals surface area contributed by atoms with Gasteiger partial charge >= 0.3 is 0 Å². The van der Waals surface area contributed by atoms with Gasteiger partial charge in [-0.05, 0) is 6.42 Å². The van der Waals surface area contributed by atoms with E-state index in [2.05, 4.69) is 10.6 Å². The van der Waals surface area contributed by atoms with Crippen LogP contribution in [0.3, 0.4) is 0 Å². The summed E-state index contributed by atoms with van der Waals surface area (Å²) in [5.41, 5.74) is 0. The molecule has 0 atom stereocenters. The Labute approximate surface area is 115 Å². The molecule has 0 aliphatic carbocycles. The summed E-state index contributed by atoms with van der Waals surface area (Å²) in [6.07, 6.45) is 1.18. The van der Waals surface area contributed by atoms with Crippen LogP contribution >= 0.6 is 0 Å². The van der Waals surface area contributed by atoms with E-state index in [4.69, 9.17) is 4.74 Å². The molecule has 0 spiro atoms. The summed E-state index contributed by atoms with van der Waals surface area (Å²) in [5.74, 6) is -0.163. The van der Waals surface area contributed by atoms with Crippen LogP contribution in [0.15, 0.2) is 0 Å². The van der Waals surface area contributed by atoms with Gasteiger partial charge < -0.3 is 20.3 Å². The highest BCUT2D eigenvalue weighted by Gasteiger charge is 2.12. The monoisotopic (exact) mass is 273 g/mol. The standard InChI is InChI=1S/C13H27N3O3/c1-11(2)14-8-6-13(18)16(3)10-12(17)15-7-5-9-19-4/h11,14H,5-10H2,1-4H3,(H,15,17). The minimum Gasteiger partial charge on any atom is -0.385 e. The number of hydrogen-bond donors (Lipinski definition) is 2. The third kappa shape index (κ3) is 10.5. The number of carbonyl (C=O) groups excluding carboxylic acids is 2. The third-order valence-corrected chi connectivity index (χ3v) is 2.55. The molecule has 0 aromatic rings. The van der Waals surface area contributed by atoms with Gasteiger partial charge in [0.25, 0.3) is 0 Å². The molecule has 0 aliphatic heterocycles. The average molecular weight is 273 g/mol. The molecule has 0 bridgehead atoms. The Bertz CT molecular complexity index is 270. The number of nitrogens with one attached hydrogen (secondary N) is 2. The van der Waals surface area contributed by atoms with Crippen molar-refractivity contribution in [2.75, 3.05) is 40.4 Å². The van der Waals surface area contributed by atoms with Crippen LogP contribution in [0.25, 0.3) is 0 Å². The predicted molar refractivity (Wildman–Crippen MR) is 74.9 cm³/mol. The quantitative estimate of drug-likeness (QED) is 0.549. The summed E-state index contributed by atoms with van der Waals surface area (Å²) in [6.45, 7) is 5.99. The van der Waals surface area contributed by atoms with Gasteiger partial charge in [0, 0.05) is 46.3 Å². The Hall–Kier alpha value is -1.14. The lowest BCUT2D eigenvalue weighted by Crippen LogP contribution is -2.40. The molecule has 19 heavy (non-hydrogen) atoms. The van der Waals surface area contributed by atoms with Gasteiger partial charge in [-0.15, -0.1) is 0 Å². The molecule has 2 N–H and O–H groups in total. The van der Waals surface area contributed by atoms with E-state index >= 15 is 0 Å². The summed E-state index contributed by atoms with van der Waals surface area (Å²) >= 11 is 0. The van der Waals surface area contributed by atoms with Crippen LogP contribution in [0.1, 0.15) is 26.7 Å². The van der Waals surface area contributed by atoms with Crippen molar-refractivity contribution in [3.05, 3.63) is 0 Å². The first kappa shape index (κ1) is 17.9. The van der Waals surface area contributed by atoms with Crippen molar-refractivity contribution in [2.24, 2.45) is 0 Å². The molecule has 6 nitrogen and oxygen atoms in total. The lowest BCUT2D eigenvalue weighted by molar-refractivity contribution is -0.134. The Morgan fingerprint density at radius 1 is 1.26 bits per heavy atom. The van der Waals surface area contributed by atoms with Crippen LogP contribution in [-0.4, -0.2) is 63.2 Å². The number of nitrogens with zero attached hydrogens (tertiary/aromatic N) is 1. The number of rotatable bonds is 10. The van der Waals surface area contributed by atoms with E-state index in [-0.39, 0.29) is 18.4 Å². The van der Waals surface area contributed by atoms with Crippen LogP contribution in [0.5, 0.6) is 0 Å². The van der Waals surface area contributed by atoms with Gasteiger partial charge in [-0.3, -0.25) is 9.59 Å². The fourth-order valence-corrected chi connectivity index (χ4v) is 1.46. The maximum atomic E-state index is 11.7. The Morgan fingerprint density at radius 3 is 2.53 bits per heavy atom. The molecule has 0 saturated carbocycles. The maximum Gasteiger partial charge on any atom is 0.239 e. The van der Waals surface area contributed by atoms with Gasteiger partial charge in [0.1, 0.15) is 0 Å². The molecule has 2 amide bonds. The lowest BCUT2D eigenvalue weighted by atomic mass is 10.3. The number of methoxy groups -OCH3 is 1. The van der Waals surface area contributed by atoms with Crippen molar-refractivity contribution < 1.29 is 14.3 Å². The van der Waals surface area contributed by atoms with E-state index in [1.165, 1.54) is 4.90 Å². The van der Waals surface area contributed by atoms with Crippen molar-refractivity contribution in [1.29, 1.82) is 0 Å². The van der Waals surface area contributed by atoms with E-state index in [0.29, 0.717) is 32.2 Å². The highest BCUT2D eigenvalue weighted by atomic mass is 16.5. The number of hydrogen-bond acceptors (Lipinski definition) is 4. The minimum atomic E-state index is -0.135. The Kier molecular flexibility index (Phi) is 10.1. The van der Waals surface area contributed by atoms with Crippen LogP contribution in [0.4, 0.5) is 0 Å². The van der Waals surface area contributed by atoms with E-state index in [1.807, 2.05) is 13.8 Å². The zero-order valence-corrected chi connectivity index (χ0v) is 12.5. The zero-order chi connectivity index (χ0) is 14.7. The smallest absolute Gasteiger partial charge is 0.239 e. The second kappa shape index (κ2) is 10.8. The zero-order valence-electron chi connectivity index (χ0n) is 12.5. The fourth-order valence-electron chi connectivity index (χ4n) is 1.46. The van der Waals surface area contributed by atoms with Gasteiger partial charge in [-0.2, -0.15) is 0 Å². The second-order valence-electron chi connectivity index (χ2n) is 4.80. The average Bonchev–Trinajstić information content (AvgIpc) is 2.34. The normalized spacial score (nSPS) is 10.6. The van der Waals surface area contributed by atoms with Crippen LogP contribution < -0.4 is 10.6 Å². The highest BCUT2D eigenvalue weighted by Crippen LogP contribution is 1.91. The minimum absolute atomic E-state index is 0.0276. The van der Waals surface area contributed by atoms with E-state index in [1.54, 1.807) is 14.2 Å². The SMILES string of the molecule is COCCCNC(=O)CN(C)C(=O)CCNC(C)C.